The van der Waals surface area contributed by atoms with E-state index in [9.17, 15) is 9.59 Å². The molecule has 0 radical (unpaired) electrons. The molecule has 8 heteroatoms. The van der Waals surface area contributed by atoms with Gasteiger partial charge >= 0.3 is 0 Å². The molecule has 3 aromatic heterocycles. The molecule has 1 fully saturated rings. The lowest BCUT2D eigenvalue weighted by atomic mass is 9.92. The van der Waals surface area contributed by atoms with Gasteiger partial charge in [0, 0.05) is 20.4 Å². The lowest BCUT2D eigenvalue weighted by Crippen LogP contribution is -2.46. The van der Waals surface area contributed by atoms with Crippen LogP contribution in [0.5, 0.6) is 0 Å². The third-order valence-corrected chi connectivity index (χ3v) is 7.44. The van der Waals surface area contributed by atoms with Gasteiger partial charge in [0.1, 0.15) is 22.2 Å². The molecular formula is C21H23N3O3S2. The average molecular weight is 430 g/mol. The van der Waals surface area contributed by atoms with Gasteiger partial charge in [-0.05, 0) is 42.9 Å². The zero-order valence-corrected chi connectivity index (χ0v) is 18.2. The number of nitrogens with one attached hydrogen (secondary N) is 2. The van der Waals surface area contributed by atoms with Crippen LogP contribution >= 0.6 is 23.1 Å². The SMILES string of the molecule is CC(C)(C)c1ocnc1C=c1[nH]c(=O)c(=Cc2ccc(C3CCCS3)s2)[nH]c1=O. The highest BCUT2D eigenvalue weighted by molar-refractivity contribution is 7.99. The Bertz CT molecular complexity index is 1250. The largest absolute Gasteiger partial charge is 0.447 e. The van der Waals surface area contributed by atoms with E-state index >= 15 is 0 Å². The van der Waals surface area contributed by atoms with Crippen molar-refractivity contribution >= 4 is 35.3 Å². The second-order valence-corrected chi connectivity index (χ2v) is 10.5. The minimum absolute atomic E-state index is 0.153. The number of aromatic nitrogens is 3. The Balaban J connectivity index is 1.72. The van der Waals surface area contributed by atoms with E-state index in [0.717, 1.165) is 4.88 Å². The van der Waals surface area contributed by atoms with E-state index < -0.39 is 0 Å². The molecule has 29 heavy (non-hydrogen) atoms. The monoisotopic (exact) mass is 429 g/mol. The summed E-state index contributed by atoms with van der Waals surface area (Å²) in [5, 5.41) is 0.951. The lowest BCUT2D eigenvalue weighted by molar-refractivity contribution is 0.407. The highest BCUT2D eigenvalue weighted by Gasteiger charge is 2.22. The van der Waals surface area contributed by atoms with Gasteiger partial charge in [0.25, 0.3) is 11.1 Å². The molecule has 3 aromatic rings. The van der Waals surface area contributed by atoms with Gasteiger partial charge in [-0.1, -0.05) is 20.8 Å². The van der Waals surface area contributed by atoms with Crippen molar-refractivity contribution in [3.63, 3.8) is 0 Å². The molecular weight excluding hydrogens is 406 g/mol. The maximum absolute atomic E-state index is 12.5. The van der Waals surface area contributed by atoms with E-state index in [1.165, 1.54) is 29.9 Å². The summed E-state index contributed by atoms with van der Waals surface area (Å²) in [6.07, 6.45) is 7.08. The summed E-state index contributed by atoms with van der Waals surface area (Å²) in [6, 6.07) is 4.12. The van der Waals surface area contributed by atoms with Crippen LogP contribution in [-0.2, 0) is 5.41 Å². The van der Waals surface area contributed by atoms with Crippen LogP contribution in [0.25, 0.3) is 12.2 Å². The molecule has 1 aliphatic rings. The van der Waals surface area contributed by atoms with Crippen molar-refractivity contribution in [3.05, 3.63) is 71.1 Å². The molecule has 0 aliphatic carbocycles. The molecule has 0 amide bonds. The van der Waals surface area contributed by atoms with Crippen molar-refractivity contribution in [2.45, 2.75) is 44.3 Å². The summed E-state index contributed by atoms with van der Waals surface area (Å²) in [5.74, 6) is 1.86. The summed E-state index contributed by atoms with van der Waals surface area (Å²) >= 11 is 3.65. The number of rotatable bonds is 3. The highest BCUT2D eigenvalue weighted by atomic mass is 32.2. The molecule has 4 heterocycles. The lowest BCUT2D eigenvalue weighted by Gasteiger charge is -2.14. The summed E-state index contributed by atoms with van der Waals surface area (Å²) in [5.41, 5.74) is -0.451. The van der Waals surface area contributed by atoms with Gasteiger partial charge in [0.05, 0.1) is 0 Å². The van der Waals surface area contributed by atoms with Crippen LogP contribution in [0.1, 0.15) is 60.1 Å². The van der Waals surface area contributed by atoms with Crippen molar-refractivity contribution in [1.29, 1.82) is 0 Å². The number of H-pyrrole nitrogens is 2. The van der Waals surface area contributed by atoms with Crippen LogP contribution in [-0.4, -0.2) is 20.7 Å². The van der Waals surface area contributed by atoms with Crippen molar-refractivity contribution in [2.24, 2.45) is 0 Å². The predicted octanol–water partition coefficient (Wildman–Crippen LogP) is 2.64. The first-order valence-electron chi connectivity index (χ1n) is 9.52. The molecule has 1 aliphatic heterocycles. The molecule has 1 saturated heterocycles. The Kier molecular flexibility index (Phi) is 5.40. The van der Waals surface area contributed by atoms with Gasteiger partial charge < -0.3 is 14.4 Å². The first-order chi connectivity index (χ1) is 13.8. The first kappa shape index (κ1) is 20.0. The fraction of sp³-hybridized carbons (Fsp3) is 0.381. The van der Waals surface area contributed by atoms with Gasteiger partial charge in [0.15, 0.2) is 6.39 Å². The molecule has 4 rings (SSSR count). The van der Waals surface area contributed by atoms with E-state index in [1.807, 2.05) is 38.6 Å². The van der Waals surface area contributed by atoms with Crippen LogP contribution in [0, 0.1) is 0 Å². The number of thiophene rings is 1. The molecule has 1 unspecified atom stereocenters. The van der Waals surface area contributed by atoms with E-state index in [2.05, 4.69) is 21.0 Å². The second kappa shape index (κ2) is 7.84. The van der Waals surface area contributed by atoms with Crippen molar-refractivity contribution in [3.8, 4) is 0 Å². The van der Waals surface area contributed by atoms with Gasteiger partial charge in [-0.3, -0.25) is 9.59 Å². The summed E-state index contributed by atoms with van der Waals surface area (Å²) in [7, 11) is 0. The summed E-state index contributed by atoms with van der Waals surface area (Å²) in [4.78, 5) is 36.9. The van der Waals surface area contributed by atoms with Crippen LogP contribution in [0.4, 0.5) is 0 Å². The molecule has 0 spiro atoms. The quantitative estimate of drug-likeness (QED) is 0.668. The molecule has 152 valence electrons. The standard InChI is InChI=1S/C21H23N3O3S2/c1-21(2,3)18-13(22-11-27-18)10-15-20(26)23-14(19(25)24-15)9-12-6-7-17(29-12)16-5-4-8-28-16/h6-7,9-11,16H,4-5,8H2,1-3H3,(H,23,26)(H,24,25). The number of hydrogen-bond acceptors (Lipinski definition) is 6. The van der Waals surface area contributed by atoms with Crippen LogP contribution in [0.2, 0.25) is 0 Å². The topological polar surface area (TPSA) is 91.8 Å². The molecule has 2 N–H and O–H groups in total. The predicted molar refractivity (Wildman–Crippen MR) is 118 cm³/mol. The van der Waals surface area contributed by atoms with Crippen LogP contribution in [0.15, 0.2) is 32.5 Å². The van der Waals surface area contributed by atoms with Gasteiger partial charge in [-0.15, -0.1) is 11.3 Å². The molecule has 0 aromatic carbocycles. The molecule has 6 nitrogen and oxygen atoms in total. The number of aromatic amines is 2. The molecule has 1 atom stereocenters. The fourth-order valence-electron chi connectivity index (χ4n) is 3.31. The second-order valence-electron chi connectivity index (χ2n) is 8.08. The van der Waals surface area contributed by atoms with E-state index in [1.54, 1.807) is 23.5 Å². The minimum Gasteiger partial charge on any atom is -0.447 e. The normalized spacial score (nSPS) is 18.7. The highest BCUT2D eigenvalue weighted by Crippen LogP contribution is 2.42. The Morgan fingerprint density at radius 3 is 2.52 bits per heavy atom. The smallest absolute Gasteiger partial charge is 0.272 e. The number of nitrogens with zero attached hydrogens (tertiary/aromatic N) is 1. The van der Waals surface area contributed by atoms with Crippen LogP contribution in [0.3, 0.4) is 0 Å². The molecule has 0 saturated carbocycles. The van der Waals surface area contributed by atoms with Gasteiger partial charge in [-0.25, -0.2) is 4.98 Å². The minimum atomic E-state index is -0.373. The number of oxazole rings is 1. The maximum Gasteiger partial charge on any atom is 0.272 e. The van der Waals surface area contributed by atoms with Gasteiger partial charge in [0.2, 0.25) is 0 Å². The van der Waals surface area contributed by atoms with Crippen molar-refractivity contribution in [2.75, 3.05) is 5.75 Å². The Morgan fingerprint density at radius 1 is 1.14 bits per heavy atom. The zero-order valence-electron chi connectivity index (χ0n) is 16.6. The van der Waals surface area contributed by atoms with E-state index in [0.29, 0.717) is 16.7 Å². The molecule has 0 bridgehead atoms. The number of hydrogen-bond donors (Lipinski definition) is 2. The Morgan fingerprint density at radius 2 is 1.86 bits per heavy atom. The Labute approximate surface area is 175 Å². The first-order valence-corrected chi connectivity index (χ1v) is 11.4. The zero-order chi connectivity index (χ0) is 20.6. The van der Waals surface area contributed by atoms with Crippen molar-refractivity contribution in [1.82, 2.24) is 15.0 Å². The fourth-order valence-corrected chi connectivity index (χ4v) is 5.83. The third kappa shape index (κ3) is 4.33. The van der Waals surface area contributed by atoms with E-state index in [-0.39, 0.29) is 27.2 Å². The Hall–Kier alpha value is -2.32. The van der Waals surface area contributed by atoms with Crippen LogP contribution < -0.4 is 21.8 Å². The summed E-state index contributed by atoms with van der Waals surface area (Å²) < 4.78 is 5.47. The van der Waals surface area contributed by atoms with Gasteiger partial charge in [-0.2, -0.15) is 11.8 Å². The number of thioether (sulfide) groups is 1. The van der Waals surface area contributed by atoms with E-state index in [4.69, 9.17) is 4.42 Å². The van der Waals surface area contributed by atoms with Crippen molar-refractivity contribution < 1.29 is 4.42 Å². The summed E-state index contributed by atoms with van der Waals surface area (Å²) in [6.45, 7) is 5.99. The third-order valence-electron chi connectivity index (χ3n) is 4.72. The average Bonchev–Trinajstić information content (AvgIpc) is 3.39. The maximum atomic E-state index is 12.5.